The SMILES string of the molecule is CC(C)(CCC(=O)O)NC(=O)c1ccc(CS(=O)(=O)C(F)F)cc1. The van der Waals surface area contributed by atoms with Crippen molar-refractivity contribution in [1.29, 1.82) is 0 Å². The van der Waals surface area contributed by atoms with Gasteiger partial charge in [-0.05, 0) is 38.0 Å². The van der Waals surface area contributed by atoms with E-state index in [2.05, 4.69) is 5.32 Å². The van der Waals surface area contributed by atoms with Gasteiger partial charge in [0.2, 0.25) is 9.84 Å². The number of halogens is 2. The first-order valence-corrected chi connectivity index (χ1v) is 8.77. The summed E-state index contributed by atoms with van der Waals surface area (Å²) >= 11 is 0. The zero-order valence-corrected chi connectivity index (χ0v) is 14.1. The van der Waals surface area contributed by atoms with E-state index >= 15 is 0 Å². The number of hydrogen-bond donors (Lipinski definition) is 2. The summed E-state index contributed by atoms with van der Waals surface area (Å²) in [5, 5.41) is 11.3. The van der Waals surface area contributed by atoms with Crippen LogP contribution in [0, 0.1) is 0 Å². The average Bonchev–Trinajstić information content (AvgIpc) is 2.45. The van der Waals surface area contributed by atoms with Gasteiger partial charge >= 0.3 is 11.7 Å². The van der Waals surface area contributed by atoms with Crippen LogP contribution in [0.4, 0.5) is 8.78 Å². The van der Waals surface area contributed by atoms with E-state index in [1.807, 2.05) is 0 Å². The number of carboxylic acid groups (broad SMARTS) is 1. The number of amides is 1. The summed E-state index contributed by atoms with van der Waals surface area (Å²) in [5.74, 6) is -5.69. The molecule has 9 heteroatoms. The van der Waals surface area contributed by atoms with Crippen LogP contribution in [0.5, 0.6) is 0 Å². The van der Waals surface area contributed by atoms with Crippen molar-refractivity contribution < 1.29 is 31.9 Å². The number of alkyl halides is 2. The molecule has 0 saturated heterocycles. The largest absolute Gasteiger partial charge is 0.481 e. The highest BCUT2D eigenvalue weighted by molar-refractivity contribution is 7.90. The van der Waals surface area contributed by atoms with Crippen molar-refractivity contribution in [2.75, 3.05) is 0 Å². The molecule has 0 bridgehead atoms. The van der Waals surface area contributed by atoms with Crippen LogP contribution in [0.1, 0.15) is 42.6 Å². The van der Waals surface area contributed by atoms with Crippen molar-refractivity contribution in [1.82, 2.24) is 5.32 Å². The van der Waals surface area contributed by atoms with Crippen molar-refractivity contribution >= 4 is 21.7 Å². The number of carbonyl (C=O) groups excluding carboxylic acids is 1. The Labute approximate surface area is 138 Å². The van der Waals surface area contributed by atoms with Crippen LogP contribution in [0.2, 0.25) is 0 Å². The zero-order chi connectivity index (χ0) is 18.5. The van der Waals surface area contributed by atoms with Gasteiger partial charge in [0.25, 0.3) is 5.91 Å². The molecular formula is C15H19F2NO5S. The molecule has 24 heavy (non-hydrogen) atoms. The molecule has 0 spiro atoms. The molecule has 1 aromatic carbocycles. The summed E-state index contributed by atoms with van der Waals surface area (Å²) < 4.78 is 47.0. The fraction of sp³-hybridized carbons (Fsp3) is 0.467. The first-order valence-electron chi connectivity index (χ1n) is 7.06. The number of carbonyl (C=O) groups is 2. The van der Waals surface area contributed by atoms with Gasteiger partial charge in [0.05, 0.1) is 5.75 Å². The third-order valence-electron chi connectivity index (χ3n) is 3.27. The summed E-state index contributed by atoms with van der Waals surface area (Å²) in [6.07, 6.45) is 0.135. The lowest BCUT2D eigenvalue weighted by Gasteiger charge is -2.25. The predicted molar refractivity (Wildman–Crippen MR) is 83.5 cm³/mol. The molecule has 0 aliphatic heterocycles. The third kappa shape index (κ3) is 6.23. The van der Waals surface area contributed by atoms with Crippen LogP contribution in [-0.4, -0.2) is 36.7 Å². The Morgan fingerprint density at radius 1 is 1.21 bits per heavy atom. The van der Waals surface area contributed by atoms with E-state index < -0.39 is 38.8 Å². The van der Waals surface area contributed by atoms with Gasteiger partial charge in [-0.3, -0.25) is 9.59 Å². The van der Waals surface area contributed by atoms with Gasteiger partial charge in [-0.25, -0.2) is 8.42 Å². The van der Waals surface area contributed by atoms with Gasteiger partial charge in [-0.2, -0.15) is 8.78 Å². The second-order valence-electron chi connectivity index (χ2n) is 6.00. The van der Waals surface area contributed by atoms with E-state index in [0.29, 0.717) is 0 Å². The second kappa shape index (κ2) is 7.69. The van der Waals surface area contributed by atoms with Crippen LogP contribution in [0.25, 0.3) is 0 Å². The van der Waals surface area contributed by atoms with Gasteiger partial charge in [-0.15, -0.1) is 0 Å². The Morgan fingerprint density at radius 3 is 2.21 bits per heavy atom. The van der Waals surface area contributed by atoms with Gasteiger partial charge < -0.3 is 10.4 Å². The normalized spacial score (nSPS) is 12.2. The number of benzene rings is 1. The molecule has 0 saturated carbocycles. The molecule has 1 rings (SSSR count). The minimum Gasteiger partial charge on any atom is -0.481 e. The molecule has 0 radical (unpaired) electrons. The standard InChI is InChI=1S/C15H19F2NO5S/c1-15(2,8-7-12(19)20)18-13(21)11-5-3-10(4-6-11)9-24(22,23)14(16)17/h3-6,14H,7-9H2,1-2H3,(H,18,21)(H,19,20). The molecule has 1 amide bonds. The van der Waals surface area contributed by atoms with Crippen LogP contribution in [0.3, 0.4) is 0 Å². The number of carboxylic acids is 1. The number of hydrogen-bond acceptors (Lipinski definition) is 4. The van der Waals surface area contributed by atoms with E-state index in [0.717, 1.165) is 0 Å². The van der Waals surface area contributed by atoms with Crippen LogP contribution < -0.4 is 5.32 Å². The average molecular weight is 363 g/mol. The topological polar surface area (TPSA) is 101 Å². The molecule has 6 nitrogen and oxygen atoms in total. The maximum atomic E-state index is 12.3. The summed E-state index contributed by atoms with van der Waals surface area (Å²) in [7, 11) is -4.52. The van der Waals surface area contributed by atoms with Crippen LogP contribution in [-0.2, 0) is 20.4 Å². The fourth-order valence-electron chi connectivity index (χ4n) is 1.91. The molecule has 1 aromatic rings. The number of aliphatic carboxylic acids is 1. The monoisotopic (exact) mass is 363 g/mol. The van der Waals surface area contributed by atoms with Gasteiger partial charge in [0, 0.05) is 17.5 Å². The zero-order valence-electron chi connectivity index (χ0n) is 13.3. The molecule has 0 heterocycles. The van der Waals surface area contributed by atoms with E-state index in [9.17, 15) is 26.8 Å². The lowest BCUT2D eigenvalue weighted by molar-refractivity contribution is -0.137. The van der Waals surface area contributed by atoms with Gasteiger partial charge in [0.1, 0.15) is 0 Å². The Morgan fingerprint density at radius 2 is 1.75 bits per heavy atom. The van der Waals surface area contributed by atoms with Gasteiger partial charge in [0.15, 0.2) is 0 Å². The maximum Gasteiger partial charge on any atom is 0.337 e. The lowest BCUT2D eigenvalue weighted by Crippen LogP contribution is -2.43. The summed E-state index contributed by atoms with van der Waals surface area (Å²) in [6, 6.07) is 5.25. The predicted octanol–water partition coefficient (Wildman–Crippen LogP) is 2.20. The van der Waals surface area contributed by atoms with Crippen molar-refractivity contribution in [3.8, 4) is 0 Å². The maximum absolute atomic E-state index is 12.3. The second-order valence-corrected chi connectivity index (χ2v) is 7.97. The van der Waals surface area contributed by atoms with Crippen molar-refractivity contribution in [2.45, 2.75) is 43.7 Å². The minimum atomic E-state index is -4.52. The summed E-state index contributed by atoms with van der Waals surface area (Å²) in [4.78, 5) is 22.7. The Kier molecular flexibility index (Phi) is 6.42. The first kappa shape index (κ1) is 20.0. The lowest BCUT2D eigenvalue weighted by atomic mass is 9.97. The van der Waals surface area contributed by atoms with Crippen LogP contribution >= 0.6 is 0 Å². The fourth-order valence-corrected chi connectivity index (χ4v) is 2.69. The highest BCUT2D eigenvalue weighted by Gasteiger charge is 2.25. The summed E-state index contributed by atoms with van der Waals surface area (Å²) in [6.45, 7) is 3.36. The Bertz CT molecular complexity index is 699. The molecule has 2 N–H and O–H groups in total. The van der Waals surface area contributed by atoms with E-state index in [-0.39, 0.29) is 24.0 Å². The smallest absolute Gasteiger partial charge is 0.337 e. The number of sulfone groups is 1. The molecule has 0 atom stereocenters. The highest BCUT2D eigenvalue weighted by Crippen LogP contribution is 2.16. The molecule has 0 fully saturated rings. The third-order valence-corrected chi connectivity index (χ3v) is 4.55. The van der Waals surface area contributed by atoms with E-state index in [1.54, 1.807) is 13.8 Å². The molecular weight excluding hydrogens is 344 g/mol. The molecule has 134 valence electrons. The Balaban J connectivity index is 2.75. The van der Waals surface area contributed by atoms with E-state index in [4.69, 9.17) is 5.11 Å². The van der Waals surface area contributed by atoms with Crippen LogP contribution in [0.15, 0.2) is 24.3 Å². The van der Waals surface area contributed by atoms with Crippen molar-refractivity contribution in [3.63, 3.8) is 0 Å². The minimum absolute atomic E-state index is 0.0995. The first-order chi connectivity index (χ1) is 10.9. The molecule has 0 aromatic heterocycles. The van der Waals surface area contributed by atoms with Gasteiger partial charge in [-0.1, -0.05) is 12.1 Å². The quantitative estimate of drug-likeness (QED) is 0.737. The number of rotatable bonds is 8. The molecule has 0 aliphatic rings. The van der Waals surface area contributed by atoms with Crippen molar-refractivity contribution in [2.24, 2.45) is 0 Å². The van der Waals surface area contributed by atoms with E-state index in [1.165, 1.54) is 24.3 Å². The van der Waals surface area contributed by atoms with Crippen molar-refractivity contribution in [3.05, 3.63) is 35.4 Å². The molecule has 0 aliphatic carbocycles. The number of nitrogens with one attached hydrogen (secondary N) is 1. The molecule has 0 unspecified atom stereocenters. The highest BCUT2D eigenvalue weighted by atomic mass is 32.2. The summed E-state index contributed by atoms with van der Waals surface area (Å²) in [5.41, 5.74) is -0.374. The Hall–Kier alpha value is -2.03.